The zero-order valence-electron chi connectivity index (χ0n) is 9.09. The van der Waals surface area contributed by atoms with Crippen LogP contribution in [0, 0.1) is 0 Å². The molecule has 0 radical (unpaired) electrons. The van der Waals surface area contributed by atoms with Gasteiger partial charge >= 0.3 is 0 Å². The van der Waals surface area contributed by atoms with Crippen molar-refractivity contribution in [1.29, 1.82) is 0 Å². The average molecular weight is 281 g/mol. The van der Waals surface area contributed by atoms with E-state index in [9.17, 15) is 0 Å². The van der Waals surface area contributed by atoms with E-state index in [-0.39, 0.29) is 0 Å². The summed E-state index contributed by atoms with van der Waals surface area (Å²) in [5.41, 5.74) is 2.51. The number of rotatable bonds is 1. The minimum Gasteiger partial charge on any atom is -0.494 e. The van der Waals surface area contributed by atoms with E-state index in [0.717, 1.165) is 29.9 Å². The zero-order chi connectivity index (χ0) is 11.1. The van der Waals surface area contributed by atoms with Crippen molar-refractivity contribution in [2.24, 2.45) is 0 Å². The molecule has 2 heterocycles. The molecule has 1 aliphatic heterocycles. The number of ether oxygens (including phenoxy) is 1. The van der Waals surface area contributed by atoms with Gasteiger partial charge in [0.15, 0.2) is 0 Å². The third kappa shape index (κ3) is 1.37. The quantitative estimate of drug-likeness (QED) is 0.869. The van der Waals surface area contributed by atoms with Crippen LogP contribution < -0.4 is 10.1 Å². The second-order valence-corrected chi connectivity index (χ2v) is 4.89. The first-order valence-corrected chi connectivity index (χ1v) is 6.16. The van der Waals surface area contributed by atoms with Crippen LogP contribution >= 0.6 is 15.9 Å². The largest absolute Gasteiger partial charge is 0.494 e. The number of nitrogens with zero attached hydrogens (tertiary/aromatic N) is 1. The third-order valence-electron chi connectivity index (χ3n) is 3.09. The fraction of sp³-hybridized carbons (Fsp3) is 0.333. The first-order chi connectivity index (χ1) is 7.81. The molecule has 0 fully saturated rings. The van der Waals surface area contributed by atoms with Crippen LogP contribution in [0.4, 0.5) is 0 Å². The monoisotopic (exact) mass is 280 g/mol. The number of nitrogens with one attached hydrogen (secondary N) is 1. The molecule has 3 rings (SSSR count). The van der Waals surface area contributed by atoms with Crippen molar-refractivity contribution in [2.45, 2.75) is 13.1 Å². The molecule has 3 nitrogen and oxygen atoms in total. The van der Waals surface area contributed by atoms with Gasteiger partial charge in [0.1, 0.15) is 5.75 Å². The highest BCUT2D eigenvalue weighted by molar-refractivity contribution is 9.10. The van der Waals surface area contributed by atoms with E-state index in [2.05, 4.69) is 44.0 Å². The molecule has 0 spiro atoms. The summed E-state index contributed by atoms with van der Waals surface area (Å²) in [7, 11) is 1.74. The molecule has 4 heteroatoms. The van der Waals surface area contributed by atoms with E-state index in [0.29, 0.717) is 0 Å². The number of hydrogen-bond acceptors (Lipinski definition) is 2. The summed E-state index contributed by atoms with van der Waals surface area (Å²) >= 11 is 3.51. The molecule has 0 atom stereocenters. The van der Waals surface area contributed by atoms with Crippen LogP contribution in [0.15, 0.2) is 22.7 Å². The SMILES string of the molecule is COc1c2n(c3ccc(Br)cc13)CCNC2. The Bertz CT molecular complexity index is 547. The second-order valence-electron chi connectivity index (χ2n) is 3.97. The lowest BCUT2D eigenvalue weighted by atomic mass is 10.2. The number of methoxy groups -OCH3 is 1. The molecule has 0 amide bonds. The first-order valence-electron chi connectivity index (χ1n) is 5.36. The molecule has 1 aliphatic rings. The lowest BCUT2D eigenvalue weighted by Gasteiger charge is -2.17. The lowest BCUT2D eigenvalue weighted by Crippen LogP contribution is -2.27. The van der Waals surface area contributed by atoms with Gasteiger partial charge < -0.3 is 14.6 Å². The fourth-order valence-corrected chi connectivity index (χ4v) is 2.77. The molecule has 1 N–H and O–H groups in total. The molecule has 0 saturated heterocycles. The molecule has 2 aromatic rings. The van der Waals surface area contributed by atoms with Gasteiger partial charge in [-0.25, -0.2) is 0 Å². The maximum Gasteiger partial charge on any atom is 0.148 e. The zero-order valence-corrected chi connectivity index (χ0v) is 10.7. The Hall–Kier alpha value is -1.00. The number of fused-ring (bicyclic) bond motifs is 3. The van der Waals surface area contributed by atoms with E-state index >= 15 is 0 Å². The van der Waals surface area contributed by atoms with E-state index in [4.69, 9.17) is 4.74 Å². The fourth-order valence-electron chi connectivity index (χ4n) is 2.41. The standard InChI is InChI=1S/C12H13BrN2O/c1-16-12-9-6-8(13)2-3-10(9)15-5-4-14-7-11(12)15/h2-3,6,14H,4-5,7H2,1H3. The molecule has 0 bridgehead atoms. The summed E-state index contributed by atoms with van der Waals surface area (Å²) in [4.78, 5) is 0. The summed E-state index contributed by atoms with van der Waals surface area (Å²) in [5, 5.41) is 4.57. The van der Waals surface area contributed by atoms with Gasteiger partial charge in [-0.05, 0) is 18.2 Å². The highest BCUT2D eigenvalue weighted by atomic mass is 79.9. The van der Waals surface area contributed by atoms with Gasteiger partial charge in [0.05, 0.1) is 18.3 Å². The number of hydrogen-bond donors (Lipinski definition) is 1. The minimum absolute atomic E-state index is 0.884. The summed E-state index contributed by atoms with van der Waals surface area (Å²) < 4.78 is 8.98. The normalized spacial score (nSPS) is 15.1. The Morgan fingerprint density at radius 3 is 3.12 bits per heavy atom. The Labute approximate surface area is 103 Å². The van der Waals surface area contributed by atoms with Gasteiger partial charge in [-0.3, -0.25) is 0 Å². The van der Waals surface area contributed by atoms with Crippen molar-refractivity contribution < 1.29 is 4.74 Å². The number of aromatic nitrogens is 1. The molecule has 0 saturated carbocycles. The highest BCUT2D eigenvalue weighted by Crippen LogP contribution is 2.35. The van der Waals surface area contributed by atoms with Crippen LogP contribution in [0.25, 0.3) is 10.9 Å². The molecule has 0 unspecified atom stereocenters. The highest BCUT2D eigenvalue weighted by Gasteiger charge is 2.19. The minimum atomic E-state index is 0.884. The van der Waals surface area contributed by atoms with Gasteiger partial charge in [-0.2, -0.15) is 0 Å². The van der Waals surface area contributed by atoms with Crippen LogP contribution in [-0.4, -0.2) is 18.2 Å². The number of benzene rings is 1. The van der Waals surface area contributed by atoms with Crippen LogP contribution in [0.5, 0.6) is 5.75 Å². The molecule has 1 aromatic heterocycles. The Morgan fingerprint density at radius 1 is 1.44 bits per heavy atom. The van der Waals surface area contributed by atoms with Crippen molar-refractivity contribution in [3.05, 3.63) is 28.4 Å². The van der Waals surface area contributed by atoms with Gasteiger partial charge in [-0.15, -0.1) is 0 Å². The van der Waals surface area contributed by atoms with Crippen molar-refractivity contribution in [3.8, 4) is 5.75 Å². The van der Waals surface area contributed by atoms with E-state index in [1.54, 1.807) is 7.11 Å². The molecular formula is C12H13BrN2O. The summed E-state index contributed by atoms with van der Waals surface area (Å²) in [6, 6.07) is 6.35. The molecule has 0 aliphatic carbocycles. The predicted molar refractivity (Wildman–Crippen MR) is 67.9 cm³/mol. The van der Waals surface area contributed by atoms with Crippen molar-refractivity contribution in [3.63, 3.8) is 0 Å². The van der Waals surface area contributed by atoms with Gasteiger partial charge in [0.2, 0.25) is 0 Å². The van der Waals surface area contributed by atoms with Crippen molar-refractivity contribution >= 4 is 26.8 Å². The Balaban J connectivity index is 2.37. The maximum atomic E-state index is 5.54. The van der Waals surface area contributed by atoms with Gasteiger partial charge in [0.25, 0.3) is 0 Å². The Morgan fingerprint density at radius 2 is 2.31 bits per heavy atom. The van der Waals surface area contributed by atoms with E-state index in [1.807, 2.05) is 0 Å². The molecule has 84 valence electrons. The first kappa shape index (κ1) is 10.2. The molecular weight excluding hydrogens is 268 g/mol. The van der Waals surface area contributed by atoms with Crippen LogP contribution in [-0.2, 0) is 13.1 Å². The number of halogens is 1. The van der Waals surface area contributed by atoms with Crippen LogP contribution in [0.1, 0.15) is 5.69 Å². The average Bonchev–Trinajstić information content (AvgIpc) is 2.61. The second kappa shape index (κ2) is 3.79. The maximum absolute atomic E-state index is 5.54. The van der Waals surface area contributed by atoms with Crippen molar-refractivity contribution in [1.82, 2.24) is 9.88 Å². The lowest BCUT2D eigenvalue weighted by molar-refractivity contribution is 0.401. The Kier molecular flexibility index (Phi) is 2.41. The summed E-state index contributed by atoms with van der Waals surface area (Å²) in [5.74, 6) is 1.00. The van der Waals surface area contributed by atoms with E-state index < -0.39 is 0 Å². The van der Waals surface area contributed by atoms with Crippen LogP contribution in [0.2, 0.25) is 0 Å². The smallest absolute Gasteiger partial charge is 0.148 e. The topological polar surface area (TPSA) is 26.2 Å². The predicted octanol–water partition coefficient (Wildman–Crippen LogP) is 2.52. The van der Waals surface area contributed by atoms with Gasteiger partial charge in [-0.1, -0.05) is 15.9 Å². The van der Waals surface area contributed by atoms with Gasteiger partial charge in [0, 0.05) is 29.5 Å². The van der Waals surface area contributed by atoms with Crippen LogP contribution in [0.3, 0.4) is 0 Å². The molecule has 16 heavy (non-hydrogen) atoms. The van der Waals surface area contributed by atoms with E-state index in [1.165, 1.54) is 16.6 Å². The third-order valence-corrected chi connectivity index (χ3v) is 3.58. The summed E-state index contributed by atoms with van der Waals surface area (Å²) in [6.07, 6.45) is 0. The summed E-state index contributed by atoms with van der Waals surface area (Å²) in [6.45, 7) is 2.92. The van der Waals surface area contributed by atoms with Crippen molar-refractivity contribution in [2.75, 3.05) is 13.7 Å². The molecule has 1 aromatic carbocycles.